The molecule has 0 radical (unpaired) electrons. The van der Waals surface area contributed by atoms with Gasteiger partial charge < -0.3 is 9.13 Å². The first kappa shape index (κ1) is 30.0. The lowest BCUT2D eigenvalue weighted by Crippen LogP contribution is -2.15. The first-order chi connectivity index (χ1) is 26.0. The van der Waals surface area contributed by atoms with Crippen LogP contribution in [0.4, 0.5) is 0 Å². The summed E-state index contributed by atoms with van der Waals surface area (Å²) in [5.74, 6) is 0. The number of fused-ring (bicyclic) bond motifs is 9. The Kier molecular flexibility index (Phi) is 6.33. The average molecular weight is 677 g/mol. The van der Waals surface area contributed by atoms with Crippen LogP contribution in [0.5, 0.6) is 0 Å². The van der Waals surface area contributed by atoms with E-state index in [9.17, 15) is 0 Å². The van der Waals surface area contributed by atoms with Crippen molar-refractivity contribution in [1.82, 2.24) is 9.13 Å². The fourth-order valence-corrected chi connectivity index (χ4v) is 9.12. The maximum atomic E-state index is 2.47. The van der Waals surface area contributed by atoms with Crippen LogP contribution in [0.1, 0.15) is 25.0 Å². The van der Waals surface area contributed by atoms with Gasteiger partial charge in [0.1, 0.15) is 0 Å². The van der Waals surface area contributed by atoms with E-state index in [0.717, 1.165) is 5.69 Å². The Labute approximate surface area is 308 Å². The predicted molar refractivity (Wildman–Crippen MR) is 224 cm³/mol. The highest BCUT2D eigenvalue weighted by molar-refractivity contribution is 6.12. The molecule has 0 amide bonds. The molecule has 11 rings (SSSR count). The monoisotopic (exact) mass is 676 g/mol. The highest BCUT2D eigenvalue weighted by Crippen LogP contribution is 2.49. The highest BCUT2D eigenvalue weighted by atomic mass is 15.0. The van der Waals surface area contributed by atoms with E-state index in [1.807, 2.05) is 0 Å². The molecule has 0 spiro atoms. The molecule has 53 heavy (non-hydrogen) atoms. The van der Waals surface area contributed by atoms with Gasteiger partial charge in [-0.05, 0) is 93.0 Å². The van der Waals surface area contributed by atoms with Crippen LogP contribution in [0.3, 0.4) is 0 Å². The summed E-state index contributed by atoms with van der Waals surface area (Å²) in [6.45, 7) is 4.72. The van der Waals surface area contributed by atoms with Crippen molar-refractivity contribution in [3.63, 3.8) is 0 Å². The zero-order chi connectivity index (χ0) is 35.3. The topological polar surface area (TPSA) is 9.86 Å². The van der Waals surface area contributed by atoms with Crippen LogP contribution in [-0.2, 0) is 5.41 Å². The maximum absolute atomic E-state index is 2.47. The fourth-order valence-electron chi connectivity index (χ4n) is 9.12. The molecule has 0 N–H and O–H groups in total. The molecular weight excluding hydrogens is 641 g/mol. The second-order valence-corrected chi connectivity index (χ2v) is 15.0. The summed E-state index contributed by atoms with van der Waals surface area (Å²) >= 11 is 0. The summed E-state index contributed by atoms with van der Waals surface area (Å²) < 4.78 is 4.89. The molecule has 250 valence electrons. The molecule has 0 atom stereocenters. The minimum absolute atomic E-state index is 0.0679. The molecular formula is C51H36N2. The number of para-hydroxylation sites is 2. The Morgan fingerprint density at radius 3 is 1.45 bits per heavy atom. The number of aromatic nitrogens is 2. The van der Waals surface area contributed by atoms with Crippen LogP contribution in [-0.4, -0.2) is 9.13 Å². The summed E-state index contributed by atoms with van der Waals surface area (Å²) in [6, 6.07) is 67.1. The van der Waals surface area contributed by atoms with E-state index in [-0.39, 0.29) is 5.41 Å². The molecule has 0 bridgehead atoms. The molecule has 8 aromatic carbocycles. The van der Waals surface area contributed by atoms with Crippen molar-refractivity contribution >= 4 is 43.6 Å². The molecule has 0 saturated heterocycles. The van der Waals surface area contributed by atoms with Crippen molar-refractivity contribution in [2.24, 2.45) is 0 Å². The van der Waals surface area contributed by atoms with Crippen LogP contribution < -0.4 is 0 Å². The quantitative estimate of drug-likeness (QED) is 0.176. The molecule has 1 aliphatic carbocycles. The Hall–Kier alpha value is -6.64. The number of hydrogen-bond acceptors (Lipinski definition) is 0. The lowest BCUT2D eigenvalue weighted by Gasteiger charge is -2.22. The Bertz CT molecular complexity index is 3060. The van der Waals surface area contributed by atoms with Gasteiger partial charge in [-0.3, -0.25) is 0 Å². The first-order valence-electron chi connectivity index (χ1n) is 18.5. The van der Waals surface area contributed by atoms with E-state index >= 15 is 0 Å². The van der Waals surface area contributed by atoms with Crippen LogP contribution >= 0.6 is 0 Å². The zero-order valence-electron chi connectivity index (χ0n) is 29.7. The van der Waals surface area contributed by atoms with Gasteiger partial charge in [-0.15, -0.1) is 0 Å². The third-order valence-electron chi connectivity index (χ3n) is 11.7. The van der Waals surface area contributed by atoms with Crippen LogP contribution in [0.25, 0.3) is 88.4 Å². The van der Waals surface area contributed by atoms with Crippen molar-refractivity contribution in [3.05, 3.63) is 193 Å². The molecule has 0 saturated carbocycles. The standard InChI is InChI=1S/C51H36N2/c1-51(2)45-17-9-6-14-39(45)40-29-26-38(32-46(40)51)53-48-19-11-8-16-42(48)44-28-23-36(31-50(44)53)35-22-27-43-41-15-7-10-18-47(41)52(49(43)30-35)37-24-20-34(21-25-37)33-12-4-3-5-13-33/h3-32H,1-2H3. The molecule has 0 fully saturated rings. The molecule has 2 heteroatoms. The fraction of sp³-hybridized carbons (Fsp3) is 0.0588. The van der Waals surface area contributed by atoms with E-state index in [4.69, 9.17) is 0 Å². The molecule has 2 nitrogen and oxygen atoms in total. The van der Waals surface area contributed by atoms with Crippen molar-refractivity contribution in [1.29, 1.82) is 0 Å². The van der Waals surface area contributed by atoms with Gasteiger partial charge in [0.25, 0.3) is 0 Å². The van der Waals surface area contributed by atoms with Gasteiger partial charge >= 0.3 is 0 Å². The third kappa shape index (κ3) is 4.39. The van der Waals surface area contributed by atoms with Crippen molar-refractivity contribution in [2.45, 2.75) is 19.3 Å². The summed E-state index contributed by atoms with van der Waals surface area (Å²) in [5.41, 5.74) is 17.5. The Balaban J connectivity index is 1.09. The summed E-state index contributed by atoms with van der Waals surface area (Å²) in [6.07, 6.45) is 0. The third-order valence-corrected chi connectivity index (χ3v) is 11.7. The van der Waals surface area contributed by atoms with Gasteiger partial charge in [0.2, 0.25) is 0 Å². The van der Waals surface area contributed by atoms with Gasteiger partial charge in [0, 0.05) is 38.3 Å². The van der Waals surface area contributed by atoms with E-state index < -0.39 is 0 Å². The average Bonchev–Trinajstić information content (AvgIpc) is 3.80. The largest absolute Gasteiger partial charge is 0.309 e. The molecule has 0 unspecified atom stereocenters. The number of rotatable bonds is 4. The van der Waals surface area contributed by atoms with Crippen LogP contribution in [0, 0.1) is 0 Å². The van der Waals surface area contributed by atoms with Crippen molar-refractivity contribution in [2.75, 3.05) is 0 Å². The molecule has 0 aliphatic heterocycles. The molecule has 1 aliphatic rings. The maximum Gasteiger partial charge on any atom is 0.0547 e. The summed E-state index contributed by atoms with van der Waals surface area (Å²) in [7, 11) is 0. The van der Waals surface area contributed by atoms with Crippen LogP contribution in [0.15, 0.2) is 182 Å². The van der Waals surface area contributed by atoms with Gasteiger partial charge in [0.05, 0.1) is 22.1 Å². The summed E-state index contributed by atoms with van der Waals surface area (Å²) in [5, 5.41) is 5.06. The molecule has 10 aromatic rings. The van der Waals surface area contributed by atoms with E-state index in [2.05, 4.69) is 205 Å². The molecule has 2 heterocycles. The second-order valence-electron chi connectivity index (χ2n) is 15.0. The van der Waals surface area contributed by atoms with Crippen molar-refractivity contribution in [3.8, 4) is 44.8 Å². The number of hydrogen-bond donors (Lipinski definition) is 0. The second kappa shape index (κ2) is 11.2. The predicted octanol–water partition coefficient (Wildman–Crippen LogP) is 13.5. The lowest BCUT2D eigenvalue weighted by molar-refractivity contribution is 0.660. The van der Waals surface area contributed by atoms with E-state index in [0.29, 0.717) is 0 Å². The van der Waals surface area contributed by atoms with Gasteiger partial charge in [0.15, 0.2) is 0 Å². The van der Waals surface area contributed by atoms with E-state index in [1.165, 1.54) is 93.8 Å². The van der Waals surface area contributed by atoms with Crippen LogP contribution in [0.2, 0.25) is 0 Å². The van der Waals surface area contributed by atoms with E-state index in [1.54, 1.807) is 0 Å². The summed E-state index contributed by atoms with van der Waals surface area (Å²) in [4.78, 5) is 0. The normalized spacial score (nSPS) is 13.2. The molecule has 2 aromatic heterocycles. The lowest BCUT2D eigenvalue weighted by atomic mass is 9.82. The zero-order valence-corrected chi connectivity index (χ0v) is 29.7. The first-order valence-corrected chi connectivity index (χ1v) is 18.5. The minimum atomic E-state index is -0.0679. The minimum Gasteiger partial charge on any atom is -0.309 e. The smallest absolute Gasteiger partial charge is 0.0547 e. The van der Waals surface area contributed by atoms with Gasteiger partial charge in [-0.2, -0.15) is 0 Å². The van der Waals surface area contributed by atoms with Gasteiger partial charge in [-0.1, -0.05) is 147 Å². The number of benzene rings is 8. The number of nitrogens with zero attached hydrogens (tertiary/aromatic N) is 2. The SMILES string of the molecule is CC1(C)c2ccccc2-c2ccc(-n3c4ccccc4c4ccc(-c5ccc6c7ccccc7n(-c7ccc(-c8ccccc8)cc7)c6c5)cc43)cc21. The highest BCUT2D eigenvalue weighted by Gasteiger charge is 2.35. The Morgan fingerprint density at radius 2 is 0.792 bits per heavy atom. The van der Waals surface area contributed by atoms with Gasteiger partial charge in [-0.25, -0.2) is 0 Å². The Morgan fingerprint density at radius 1 is 0.321 bits per heavy atom. The van der Waals surface area contributed by atoms with Crippen molar-refractivity contribution < 1.29 is 0 Å².